The van der Waals surface area contributed by atoms with Crippen LogP contribution < -0.4 is 0 Å². The van der Waals surface area contributed by atoms with Gasteiger partial charge in [0.2, 0.25) is 5.89 Å². The monoisotopic (exact) mass is 321 g/mol. The van der Waals surface area contributed by atoms with Gasteiger partial charge in [-0.1, -0.05) is 6.07 Å². The maximum Gasteiger partial charge on any atom is 0.416 e. The maximum absolute atomic E-state index is 12.8. The van der Waals surface area contributed by atoms with Gasteiger partial charge >= 0.3 is 6.18 Å². The number of hydrogen-bond acceptors (Lipinski definition) is 3. The lowest BCUT2D eigenvalue weighted by Gasteiger charge is -2.06. The first-order valence-corrected chi connectivity index (χ1v) is 6.96. The highest BCUT2D eigenvalue weighted by molar-refractivity contribution is 5.55. The Hall–Kier alpha value is -2.57. The van der Waals surface area contributed by atoms with Gasteiger partial charge in [0.25, 0.3) is 0 Å². The van der Waals surface area contributed by atoms with Crippen LogP contribution in [0.2, 0.25) is 0 Å². The molecular formula is C16H14F3N3O. The molecule has 0 aliphatic rings. The maximum atomic E-state index is 12.8. The third kappa shape index (κ3) is 3.13. The summed E-state index contributed by atoms with van der Waals surface area (Å²) in [5.41, 5.74) is 0.243. The molecule has 120 valence electrons. The minimum Gasteiger partial charge on any atom is -0.441 e. The summed E-state index contributed by atoms with van der Waals surface area (Å²) in [6, 6.07) is 4.96. The number of hydrogen-bond donors (Lipinski definition) is 0. The summed E-state index contributed by atoms with van der Waals surface area (Å²) in [5.74, 6) is 1.58. The molecule has 0 bridgehead atoms. The molecule has 0 spiro atoms. The molecule has 0 fully saturated rings. The number of aryl methyl sites for hydroxylation is 2. The average Bonchev–Trinajstić information content (AvgIpc) is 3.06. The Morgan fingerprint density at radius 2 is 2.00 bits per heavy atom. The summed E-state index contributed by atoms with van der Waals surface area (Å²) in [6.07, 6.45) is -0.903. The minimum atomic E-state index is -4.39. The fourth-order valence-electron chi connectivity index (χ4n) is 2.26. The molecule has 2 heterocycles. The van der Waals surface area contributed by atoms with E-state index in [1.165, 1.54) is 6.07 Å². The molecule has 2 aromatic heterocycles. The van der Waals surface area contributed by atoms with Crippen LogP contribution in [0.15, 0.2) is 41.1 Å². The Morgan fingerprint density at radius 3 is 2.65 bits per heavy atom. The van der Waals surface area contributed by atoms with E-state index in [9.17, 15) is 13.2 Å². The summed E-state index contributed by atoms with van der Waals surface area (Å²) < 4.78 is 45.8. The van der Waals surface area contributed by atoms with Gasteiger partial charge < -0.3 is 8.98 Å². The summed E-state index contributed by atoms with van der Waals surface area (Å²) in [6.45, 7) is 4.06. The van der Waals surface area contributed by atoms with Crippen molar-refractivity contribution in [3.63, 3.8) is 0 Å². The molecule has 0 unspecified atom stereocenters. The van der Waals surface area contributed by atoms with E-state index < -0.39 is 11.7 Å². The van der Waals surface area contributed by atoms with Gasteiger partial charge in [0, 0.05) is 18.0 Å². The van der Waals surface area contributed by atoms with Gasteiger partial charge in [-0.25, -0.2) is 9.97 Å². The quantitative estimate of drug-likeness (QED) is 0.725. The molecule has 7 heteroatoms. The van der Waals surface area contributed by atoms with Crippen LogP contribution in [0.3, 0.4) is 0 Å². The van der Waals surface area contributed by atoms with E-state index in [4.69, 9.17) is 4.42 Å². The van der Waals surface area contributed by atoms with E-state index in [-0.39, 0.29) is 5.89 Å². The third-order valence-electron chi connectivity index (χ3n) is 3.57. The van der Waals surface area contributed by atoms with Crippen molar-refractivity contribution in [2.45, 2.75) is 26.6 Å². The summed E-state index contributed by atoms with van der Waals surface area (Å²) in [7, 11) is 0. The van der Waals surface area contributed by atoms with Crippen molar-refractivity contribution in [3.05, 3.63) is 59.5 Å². The van der Waals surface area contributed by atoms with Crippen molar-refractivity contribution in [1.29, 1.82) is 0 Å². The topological polar surface area (TPSA) is 43.9 Å². The standard InChI is InChI=1S/C16H14F3N3O/c1-10-14(9-22-7-6-20-11(22)2)21-15(23-10)12-4-3-5-13(8-12)16(17,18)19/h3-8H,9H2,1-2H3. The van der Waals surface area contributed by atoms with Gasteiger partial charge in [-0.15, -0.1) is 0 Å². The van der Waals surface area contributed by atoms with E-state index >= 15 is 0 Å². The second-order valence-electron chi connectivity index (χ2n) is 5.20. The lowest BCUT2D eigenvalue weighted by atomic mass is 10.1. The first-order valence-electron chi connectivity index (χ1n) is 6.96. The Kier molecular flexibility index (Phi) is 3.71. The zero-order valence-electron chi connectivity index (χ0n) is 12.6. The van der Waals surface area contributed by atoms with Gasteiger partial charge in [0.1, 0.15) is 17.3 Å². The molecule has 0 saturated carbocycles. The molecule has 0 N–H and O–H groups in total. The van der Waals surface area contributed by atoms with Crippen LogP contribution in [0.4, 0.5) is 13.2 Å². The molecule has 3 aromatic rings. The lowest BCUT2D eigenvalue weighted by Crippen LogP contribution is -2.04. The Morgan fingerprint density at radius 1 is 1.22 bits per heavy atom. The molecule has 0 aliphatic carbocycles. The molecule has 0 aliphatic heterocycles. The zero-order valence-corrected chi connectivity index (χ0v) is 12.6. The first kappa shape index (κ1) is 15.3. The van der Waals surface area contributed by atoms with Crippen LogP contribution in [0.25, 0.3) is 11.5 Å². The van der Waals surface area contributed by atoms with Gasteiger partial charge in [0.15, 0.2) is 0 Å². The Labute approximate surface area is 130 Å². The second-order valence-corrected chi connectivity index (χ2v) is 5.20. The smallest absolute Gasteiger partial charge is 0.416 e. The van der Waals surface area contributed by atoms with Crippen LogP contribution >= 0.6 is 0 Å². The number of benzene rings is 1. The van der Waals surface area contributed by atoms with Gasteiger partial charge in [-0.3, -0.25) is 0 Å². The number of halogens is 3. The molecule has 0 saturated heterocycles. The lowest BCUT2D eigenvalue weighted by molar-refractivity contribution is -0.137. The SMILES string of the molecule is Cc1oc(-c2cccc(C(F)(F)F)c2)nc1Cn1ccnc1C. The fourth-order valence-corrected chi connectivity index (χ4v) is 2.26. The fraction of sp³-hybridized carbons (Fsp3) is 0.250. The normalized spacial score (nSPS) is 11.9. The number of imidazole rings is 1. The molecular weight excluding hydrogens is 307 g/mol. The predicted molar refractivity (Wildman–Crippen MR) is 77.7 cm³/mol. The highest BCUT2D eigenvalue weighted by atomic mass is 19.4. The van der Waals surface area contributed by atoms with Crippen molar-refractivity contribution in [2.24, 2.45) is 0 Å². The summed E-state index contributed by atoms with van der Waals surface area (Å²) in [4.78, 5) is 8.46. The highest BCUT2D eigenvalue weighted by Gasteiger charge is 2.30. The van der Waals surface area contributed by atoms with Crippen molar-refractivity contribution in [1.82, 2.24) is 14.5 Å². The van der Waals surface area contributed by atoms with Crippen molar-refractivity contribution < 1.29 is 17.6 Å². The van der Waals surface area contributed by atoms with Crippen molar-refractivity contribution in [3.8, 4) is 11.5 Å². The molecule has 23 heavy (non-hydrogen) atoms. The van der Waals surface area contributed by atoms with Crippen LogP contribution in [0.1, 0.15) is 22.8 Å². The summed E-state index contributed by atoms with van der Waals surface area (Å²) in [5, 5.41) is 0. The predicted octanol–water partition coefficient (Wildman–Crippen LogP) is 4.22. The zero-order chi connectivity index (χ0) is 16.6. The minimum absolute atomic E-state index is 0.182. The van der Waals surface area contributed by atoms with Gasteiger partial charge in [0.05, 0.1) is 12.1 Å². The van der Waals surface area contributed by atoms with Crippen molar-refractivity contribution >= 4 is 0 Å². The number of alkyl halides is 3. The van der Waals surface area contributed by atoms with E-state index in [1.54, 1.807) is 19.2 Å². The number of rotatable bonds is 3. The molecule has 0 amide bonds. The molecule has 1 aromatic carbocycles. The Balaban J connectivity index is 1.93. The average molecular weight is 321 g/mol. The number of aromatic nitrogens is 3. The van der Waals surface area contributed by atoms with Crippen LogP contribution in [0, 0.1) is 13.8 Å². The molecule has 0 atom stereocenters. The van der Waals surface area contributed by atoms with E-state index in [1.807, 2.05) is 17.7 Å². The summed E-state index contributed by atoms with van der Waals surface area (Å²) >= 11 is 0. The van der Waals surface area contributed by atoms with Gasteiger partial charge in [-0.05, 0) is 32.0 Å². The van der Waals surface area contributed by atoms with Crippen LogP contribution in [-0.4, -0.2) is 14.5 Å². The first-order chi connectivity index (χ1) is 10.8. The van der Waals surface area contributed by atoms with Gasteiger partial charge in [-0.2, -0.15) is 13.2 Å². The Bertz CT molecular complexity index is 833. The second kappa shape index (κ2) is 5.57. The van der Waals surface area contributed by atoms with Crippen molar-refractivity contribution in [2.75, 3.05) is 0 Å². The number of oxazole rings is 1. The highest BCUT2D eigenvalue weighted by Crippen LogP contribution is 2.32. The molecule has 0 radical (unpaired) electrons. The van der Waals surface area contributed by atoms with E-state index in [0.29, 0.717) is 23.6 Å². The van der Waals surface area contributed by atoms with E-state index in [2.05, 4.69) is 9.97 Å². The largest absolute Gasteiger partial charge is 0.441 e. The molecule has 4 nitrogen and oxygen atoms in total. The molecule has 3 rings (SSSR count). The van der Waals surface area contributed by atoms with Crippen LogP contribution in [0.5, 0.6) is 0 Å². The third-order valence-corrected chi connectivity index (χ3v) is 3.57. The van der Waals surface area contributed by atoms with Crippen LogP contribution in [-0.2, 0) is 12.7 Å². The van der Waals surface area contributed by atoms with E-state index in [0.717, 1.165) is 18.0 Å². The number of nitrogens with zero attached hydrogens (tertiary/aromatic N) is 3.